The fraction of sp³-hybridized carbons (Fsp3) is 0.471. The van der Waals surface area contributed by atoms with E-state index in [4.69, 9.17) is 5.84 Å². The summed E-state index contributed by atoms with van der Waals surface area (Å²) in [4.78, 5) is 12.3. The van der Waals surface area contributed by atoms with Crippen LogP contribution in [0.15, 0.2) is 29.4 Å². The van der Waals surface area contributed by atoms with Crippen molar-refractivity contribution in [3.05, 3.63) is 29.8 Å². The van der Waals surface area contributed by atoms with Crippen LogP contribution in [0.3, 0.4) is 0 Å². The molecular formula is C17H25N5OS. The molecule has 0 fully saturated rings. The first kappa shape index (κ1) is 18.3. The molecule has 1 aromatic carbocycles. The highest BCUT2D eigenvalue weighted by atomic mass is 32.2. The van der Waals surface area contributed by atoms with Crippen LogP contribution in [-0.2, 0) is 4.79 Å². The Kier molecular flexibility index (Phi) is 5.54. The van der Waals surface area contributed by atoms with E-state index in [1.165, 1.54) is 22.0 Å². The van der Waals surface area contributed by atoms with Crippen molar-refractivity contribution in [2.24, 2.45) is 0 Å². The molecule has 3 N–H and O–H groups in total. The van der Waals surface area contributed by atoms with Crippen LogP contribution in [0.2, 0.25) is 0 Å². The van der Waals surface area contributed by atoms with Crippen molar-refractivity contribution in [1.82, 2.24) is 20.2 Å². The van der Waals surface area contributed by atoms with Crippen LogP contribution in [0.5, 0.6) is 0 Å². The van der Waals surface area contributed by atoms with Gasteiger partial charge in [-0.3, -0.25) is 4.79 Å². The van der Waals surface area contributed by atoms with E-state index in [1.807, 2.05) is 58.9 Å². The van der Waals surface area contributed by atoms with E-state index in [0.717, 1.165) is 12.0 Å². The van der Waals surface area contributed by atoms with E-state index in [-0.39, 0.29) is 16.7 Å². The number of thioether (sulfide) groups is 1. The summed E-state index contributed by atoms with van der Waals surface area (Å²) in [5, 5.41) is 11.5. The van der Waals surface area contributed by atoms with Crippen LogP contribution < -0.4 is 11.2 Å². The Hall–Kier alpha value is -2.02. The van der Waals surface area contributed by atoms with Crippen LogP contribution >= 0.6 is 11.8 Å². The van der Waals surface area contributed by atoms with Gasteiger partial charge in [0.05, 0.1) is 5.25 Å². The second kappa shape index (κ2) is 7.25. The molecule has 0 saturated carbocycles. The van der Waals surface area contributed by atoms with Crippen LogP contribution in [0.1, 0.15) is 39.7 Å². The van der Waals surface area contributed by atoms with Crippen molar-refractivity contribution in [2.75, 3.05) is 5.84 Å². The number of nitrogens with two attached hydrogens (primary N) is 1. The molecule has 0 spiro atoms. The molecule has 24 heavy (non-hydrogen) atoms. The van der Waals surface area contributed by atoms with E-state index in [0.29, 0.717) is 11.0 Å². The number of benzene rings is 1. The predicted molar refractivity (Wildman–Crippen MR) is 98.2 cm³/mol. The maximum atomic E-state index is 12.3. The summed E-state index contributed by atoms with van der Waals surface area (Å²) in [6.45, 7) is 9.91. The molecule has 2 rings (SSSR count). The minimum Gasteiger partial charge on any atom is -0.350 e. The molecule has 1 atom stereocenters. The van der Waals surface area contributed by atoms with E-state index >= 15 is 0 Å². The zero-order valence-corrected chi connectivity index (χ0v) is 15.6. The number of amides is 1. The Morgan fingerprint density at radius 1 is 1.33 bits per heavy atom. The smallest absolute Gasteiger partial charge is 0.233 e. The normalized spacial score (nSPS) is 12.9. The summed E-state index contributed by atoms with van der Waals surface area (Å²) in [5.74, 6) is 6.66. The number of hydrogen-bond acceptors (Lipinski definition) is 5. The zero-order valence-electron chi connectivity index (χ0n) is 14.8. The lowest BCUT2D eigenvalue weighted by Gasteiger charge is -2.26. The molecule has 0 aliphatic heterocycles. The van der Waals surface area contributed by atoms with Crippen molar-refractivity contribution in [3.8, 4) is 11.4 Å². The molecule has 0 bridgehead atoms. The first-order valence-corrected chi connectivity index (χ1v) is 8.87. The number of carbonyl (C=O) groups excluding carboxylic acids is 1. The van der Waals surface area contributed by atoms with Crippen LogP contribution in [0, 0.1) is 6.92 Å². The Balaban J connectivity index is 2.11. The summed E-state index contributed by atoms with van der Waals surface area (Å²) in [5.41, 5.74) is 1.84. The summed E-state index contributed by atoms with van der Waals surface area (Å²) in [7, 11) is 0. The fourth-order valence-electron chi connectivity index (χ4n) is 1.99. The molecule has 1 unspecified atom stereocenters. The maximum Gasteiger partial charge on any atom is 0.233 e. The Bertz CT molecular complexity index is 708. The SMILES string of the molecule is CCC(C)(C)NC(=O)C(C)Sc1nnc(-c2ccc(C)cc2)n1N. The van der Waals surface area contributed by atoms with Crippen molar-refractivity contribution in [3.63, 3.8) is 0 Å². The molecule has 7 heteroatoms. The molecule has 1 aromatic heterocycles. The molecule has 0 saturated heterocycles. The molecule has 0 aliphatic rings. The molecule has 0 aliphatic carbocycles. The largest absolute Gasteiger partial charge is 0.350 e. The molecule has 1 heterocycles. The fourth-order valence-corrected chi connectivity index (χ4v) is 2.76. The number of carbonyl (C=O) groups is 1. The number of nitrogens with one attached hydrogen (secondary N) is 1. The lowest BCUT2D eigenvalue weighted by Crippen LogP contribution is -2.46. The van der Waals surface area contributed by atoms with Gasteiger partial charge in [-0.25, -0.2) is 4.68 Å². The lowest BCUT2D eigenvalue weighted by atomic mass is 10.0. The average Bonchev–Trinajstić information content (AvgIpc) is 2.89. The van der Waals surface area contributed by atoms with Crippen molar-refractivity contribution in [1.29, 1.82) is 0 Å². The van der Waals surface area contributed by atoms with Gasteiger partial charge in [0.15, 0.2) is 5.82 Å². The number of rotatable bonds is 6. The van der Waals surface area contributed by atoms with Crippen molar-refractivity contribution < 1.29 is 4.79 Å². The predicted octanol–water partition coefficient (Wildman–Crippen LogP) is 2.75. The van der Waals surface area contributed by atoms with E-state index in [1.54, 1.807) is 0 Å². The van der Waals surface area contributed by atoms with Crippen LogP contribution in [-0.4, -0.2) is 31.6 Å². The average molecular weight is 347 g/mol. The summed E-state index contributed by atoms with van der Waals surface area (Å²) in [6, 6.07) is 7.91. The van der Waals surface area contributed by atoms with Crippen LogP contribution in [0.4, 0.5) is 0 Å². The van der Waals surface area contributed by atoms with Gasteiger partial charge >= 0.3 is 0 Å². The molecule has 1 amide bonds. The Labute approximate surface area is 147 Å². The number of aromatic nitrogens is 3. The summed E-state index contributed by atoms with van der Waals surface area (Å²) >= 11 is 1.30. The third kappa shape index (κ3) is 4.29. The van der Waals surface area contributed by atoms with Gasteiger partial charge in [0.25, 0.3) is 0 Å². The van der Waals surface area contributed by atoms with Crippen molar-refractivity contribution >= 4 is 17.7 Å². The van der Waals surface area contributed by atoms with Gasteiger partial charge in [-0.1, -0.05) is 48.5 Å². The van der Waals surface area contributed by atoms with Gasteiger partial charge in [-0.2, -0.15) is 0 Å². The summed E-state index contributed by atoms with van der Waals surface area (Å²) in [6.07, 6.45) is 0.862. The van der Waals surface area contributed by atoms with Crippen molar-refractivity contribution in [2.45, 2.75) is 57.0 Å². The van der Waals surface area contributed by atoms with E-state index in [2.05, 4.69) is 15.5 Å². The Morgan fingerprint density at radius 2 is 1.96 bits per heavy atom. The second-order valence-electron chi connectivity index (χ2n) is 6.53. The quantitative estimate of drug-likeness (QED) is 0.620. The number of aryl methyl sites for hydroxylation is 1. The Morgan fingerprint density at radius 3 is 2.54 bits per heavy atom. The van der Waals surface area contributed by atoms with Crippen LogP contribution in [0.25, 0.3) is 11.4 Å². The molecule has 0 radical (unpaired) electrons. The van der Waals surface area contributed by atoms with E-state index in [9.17, 15) is 4.79 Å². The highest BCUT2D eigenvalue weighted by Gasteiger charge is 2.24. The second-order valence-corrected chi connectivity index (χ2v) is 7.84. The first-order chi connectivity index (χ1) is 11.2. The zero-order chi connectivity index (χ0) is 17.9. The van der Waals surface area contributed by atoms with Gasteiger partial charge in [-0.15, -0.1) is 10.2 Å². The highest BCUT2D eigenvalue weighted by molar-refractivity contribution is 8.00. The third-order valence-corrected chi connectivity index (χ3v) is 5.03. The van der Waals surface area contributed by atoms with Gasteiger partial charge < -0.3 is 11.2 Å². The molecule has 130 valence electrons. The molecule has 2 aromatic rings. The van der Waals surface area contributed by atoms with Gasteiger partial charge in [0.2, 0.25) is 11.1 Å². The maximum absolute atomic E-state index is 12.3. The lowest BCUT2D eigenvalue weighted by molar-refractivity contribution is -0.121. The third-order valence-electron chi connectivity index (χ3n) is 3.97. The molecule has 6 nitrogen and oxygen atoms in total. The standard InChI is InChI=1S/C17H25N5OS/c1-6-17(4,5)19-15(23)12(3)24-16-21-20-14(22(16)18)13-9-7-11(2)8-10-13/h7-10,12H,6,18H2,1-5H3,(H,19,23). The number of nitrogens with zero attached hydrogens (tertiary/aromatic N) is 3. The highest BCUT2D eigenvalue weighted by Crippen LogP contribution is 2.25. The van der Waals surface area contributed by atoms with E-state index < -0.39 is 0 Å². The van der Waals surface area contributed by atoms with Gasteiger partial charge in [0, 0.05) is 11.1 Å². The number of hydrogen-bond donors (Lipinski definition) is 2. The summed E-state index contributed by atoms with van der Waals surface area (Å²) < 4.78 is 1.43. The van der Waals surface area contributed by atoms with Gasteiger partial charge in [0.1, 0.15) is 0 Å². The monoisotopic (exact) mass is 347 g/mol. The number of nitrogen functional groups attached to an aromatic ring is 1. The molecular weight excluding hydrogens is 322 g/mol. The minimum absolute atomic E-state index is 0.0354. The first-order valence-electron chi connectivity index (χ1n) is 7.99. The topological polar surface area (TPSA) is 85.8 Å². The van der Waals surface area contributed by atoms with Gasteiger partial charge in [-0.05, 0) is 34.1 Å². The minimum atomic E-state index is -0.312.